The van der Waals surface area contributed by atoms with Crippen molar-refractivity contribution >= 4 is 18.4 Å². The lowest BCUT2D eigenvalue weighted by Crippen LogP contribution is -2.15. The van der Waals surface area contributed by atoms with Gasteiger partial charge in [-0.15, -0.1) is 0 Å². The summed E-state index contributed by atoms with van der Waals surface area (Å²) in [5.74, 6) is 0. The van der Waals surface area contributed by atoms with Gasteiger partial charge in [0.15, 0.2) is 7.28 Å². The van der Waals surface area contributed by atoms with Crippen molar-refractivity contribution in [2.24, 2.45) is 0 Å². The van der Waals surface area contributed by atoms with Crippen LogP contribution in [0.2, 0.25) is 0 Å². The van der Waals surface area contributed by atoms with Gasteiger partial charge in [0, 0.05) is 12.1 Å². The Kier molecular flexibility index (Phi) is 3.55. The largest absolute Gasteiger partial charge is 0.269 e. The lowest BCUT2D eigenvalue weighted by atomic mass is 9.65. The van der Waals surface area contributed by atoms with Gasteiger partial charge in [0.25, 0.3) is 5.69 Å². The Hall–Kier alpha value is -2.10. The third kappa shape index (κ3) is 3.18. The molecule has 0 aliphatic rings. The molecule has 0 aromatic heterocycles. The first kappa shape index (κ1) is 11.4. The van der Waals surface area contributed by atoms with Gasteiger partial charge in [-0.2, -0.15) is 0 Å². The first-order chi connectivity index (χ1) is 8.25. The summed E-state index contributed by atoms with van der Waals surface area (Å²) in [6, 6.07) is 17.0. The number of hydrogen-bond acceptors (Lipinski definition) is 2. The van der Waals surface area contributed by atoms with Crippen LogP contribution in [0.4, 0.5) is 5.69 Å². The fourth-order valence-corrected chi connectivity index (χ4v) is 1.72. The average Bonchev–Trinajstić information content (AvgIpc) is 2.38. The first-order valence-corrected chi connectivity index (χ1v) is 5.53. The van der Waals surface area contributed by atoms with E-state index < -0.39 is 0 Å². The van der Waals surface area contributed by atoms with Crippen LogP contribution in [0.25, 0.3) is 0 Å². The summed E-state index contributed by atoms with van der Waals surface area (Å²) in [5, 5.41) is 10.5. The van der Waals surface area contributed by atoms with Crippen LogP contribution in [-0.2, 0) is 6.32 Å². The minimum atomic E-state index is -0.374. The van der Waals surface area contributed by atoms with E-state index in [-0.39, 0.29) is 10.6 Å². The van der Waals surface area contributed by atoms with Crippen LogP contribution in [-0.4, -0.2) is 12.2 Å². The fourth-order valence-electron chi connectivity index (χ4n) is 1.72. The molecular formula is C13H12BNO2. The molecule has 84 valence electrons. The highest BCUT2D eigenvalue weighted by Gasteiger charge is 2.04. The summed E-state index contributed by atoms with van der Waals surface area (Å²) in [5.41, 5.74) is 2.55. The minimum Gasteiger partial charge on any atom is -0.258 e. The number of nitro groups is 1. The van der Waals surface area contributed by atoms with Gasteiger partial charge >= 0.3 is 0 Å². The normalized spacial score (nSPS) is 9.88. The lowest BCUT2D eigenvalue weighted by Gasteiger charge is -2.00. The van der Waals surface area contributed by atoms with E-state index in [0.717, 1.165) is 19.2 Å². The molecule has 0 saturated carbocycles. The quantitative estimate of drug-likeness (QED) is 0.452. The number of hydrogen-bond donors (Lipinski definition) is 0. The van der Waals surface area contributed by atoms with E-state index in [1.807, 2.05) is 30.3 Å². The monoisotopic (exact) mass is 225 g/mol. The molecule has 0 unspecified atom stereocenters. The Bertz CT molecular complexity index is 497. The summed E-state index contributed by atoms with van der Waals surface area (Å²) in [7, 11) is 0.957. The molecule has 0 saturated heterocycles. The molecule has 0 radical (unpaired) electrons. The van der Waals surface area contributed by atoms with Crippen molar-refractivity contribution in [3.63, 3.8) is 0 Å². The fraction of sp³-hybridized carbons (Fsp3) is 0.0769. The molecule has 2 rings (SSSR count). The van der Waals surface area contributed by atoms with Crippen LogP contribution in [0.5, 0.6) is 0 Å². The molecule has 0 bridgehead atoms. The van der Waals surface area contributed by atoms with E-state index in [1.165, 1.54) is 5.46 Å². The van der Waals surface area contributed by atoms with Gasteiger partial charge in [0.1, 0.15) is 0 Å². The number of nitrogens with zero attached hydrogens (tertiary/aromatic N) is 1. The van der Waals surface area contributed by atoms with E-state index in [4.69, 9.17) is 0 Å². The van der Waals surface area contributed by atoms with E-state index >= 15 is 0 Å². The third-order valence-electron chi connectivity index (χ3n) is 2.69. The average molecular weight is 225 g/mol. The first-order valence-electron chi connectivity index (χ1n) is 5.53. The van der Waals surface area contributed by atoms with E-state index in [9.17, 15) is 10.1 Å². The SMILES string of the molecule is O=[N+]([O-])c1ccc(CBc2ccccc2)cc1. The Morgan fingerprint density at radius 3 is 2.24 bits per heavy atom. The smallest absolute Gasteiger partial charge is 0.258 e. The van der Waals surface area contributed by atoms with Crippen molar-refractivity contribution in [1.29, 1.82) is 0 Å². The molecule has 0 amide bonds. The molecule has 4 heteroatoms. The van der Waals surface area contributed by atoms with Crippen molar-refractivity contribution in [2.75, 3.05) is 0 Å². The van der Waals surface area contributed by atoms with Crippen LogP contribution in [0, 0.1) is 10.1 Å². The van der Waals surface area contributed by atoms with Crippen LogP contribution in [0.3, 0.4) is 0 Å². The Labute approximate surface area is 100 Å². The highest BCUT2D eigenvalue weighted by molar-refractivity contribution is 6.52. The molecule has 0 aliphatic heterocycles. The van der Waals surface area contributed by atoms with E-state index in [2.05, 4.69) is 12.1 Å². The van der Waals surface area contributed by atoms with E-state index in [1.54, 1.807) is 12.1 Å². The molecule has 0 atom stereocenters. The van der Waals surface area contributed by atoms with Gasteiger partial charge in [0.2, 0.25) is 0 Å². The second kappa shape index (κ2) is 5.30. The molecule has 3 nitrogen and oxygen atoms in total. The molecule has 2 aromatic rings. The zero-order valence-corrected chi connectivity index (χ0v) is 9.37. The topological polar surface area (TPSA) is 43.1 Å². The molecule has 0 aliphatic carbocycles. The maximum atomic E-state index is 10.5. The zero-order valence-electron chi connectivity index (χ0n) is 9.37. The maximum Gasteiger partial charge on any atom is 0.269 e. The predicted octanol–water partition coefficient (Wildman–Crippen LogP) is 1.86. The molecular weight excluding hydrogens is 213 g/mol. The van der Waals surface area contributed by atoms with Crippen molar-refractivity contribution < 1.29 is 4.92 Å². The second-order valence-electron chi connectivity index (χ2n) is 3.91. The van der Waals surface area contributed by atoms with Gasteiger partial charge < -0.3 is 0 Å². The van der Waals surface area contributed by atoms with Gasteiger partial charge in [0.05, 0.1) is 4.92 Å². The van der Waals surface area contributed by atoms with Gasteiger partial charge in [-0.3, -0.25) is 10.1 Å². The van der Waals surface area contributed by atoms with Gasteiger partial charge in [-0.1, -0.05) is 53.5 Å². The summed E-state index contributed by atoms with van der Waals surface area (Å²) in [6.07, 6.45) is 0.905. The molecule has 0 spiro atoms. The zero-order chi connectivity index (χ0) is 12.1. The maximum absolute atomic E-state index is 10.5. The number of nitro benzene ring substituents is 1. The Morgan fingerprint density at radius 2 is 1.65 bits per heavy atom. The molecule has 2 aromatic carbocycles. The van der Waals surface area contributed by atoms with Crippen LogP contribution >= 0.6 is 0 Å². The van der Waals surface area contributed by atoms with Crippen LogP contribution in [0.15, 0.2) is 54.6 Å². The van der Waals surface area contributed by atoms with Crippen LogP contribution < -0.4 is 5.46 Å². The molecule has 17 heavy (non-hydrogen) atoms. The summed E-state index contributed by atoms with van der Waals surface area (Å²) in [4.78, 5) is 10.1. The van der Waals surface area contributed by atoms with Crippen molar-refractivity contribution in [3.05, 3.63) is 70.3 Å². The highest BCUT2D eigenvalue weighted by atomic mass is 16.6. The number of rotatable bonds is 4. The number of non-ortho nitro benzene ring substituents is 1. The predicted molar refractivity (Wildman–Crippen MR) is 70.0 cm³/mol. The summed E-state index contributed by atoms with van der Waals surface area (Å²) >= 11 is 0. The van der Waals surface area contributed by atoms with Gasteiger partial charge in [-0.05, 0) is 6.32 Å². The third-order valence-corrected chi connectivity index (χ3v) is 2.69. The minimum absolute atomic E-state index is 0.147. The Morgan fingerprint density at radius 1 is 1.00 bits per heavy atom. The molecule has 0 heterocycles. The van der Waals surface area contributed by atoms with Gasteiger partial charge in [-0.25, -0.2) is 0 Å². The van der Waals surface area contributed by atoms with Crippen molar-refractivity contribution in [2.45, 2.75) is 6.32 Å². The lowest BCUT2D eigenvalue weighted by molar-refractivity contribution is -0.384. The van der Waals surface area contributed by atoms with E-state index in [0.29, 0.717) is 0 Å². The standard InChI is InChI=1S/C13H12BNO2/c16-15(17)13-8-6-11(7-9-13)10-14-12-4-2-1-3-5-12/h1-9,14H,10H2. The molecule has 0 N–H and O–H groups in total. The molecule has 0 fully saturated rings. The Balaban J connectivity index is 1.98. The highest BCUT2D eigenvalue weighted by Crippen LogP contribution is 2.11. The van der Waals surface area contributed by atoms with Crippen molar-refractivity contribution in [3.8, 4) is 0 Å². The van der Waals surface area contributed by atoms with Crippen LogP contribution in [0.1, 0.15) is 5.56 Å². The second-order valence-corrected chi connectivity index (χ2v) is 3.91. The van der Waals surface area contributed by atoms with Crippen molar-refractivity contribution in [1.82, 2.24) is 0 Å². The summed E-state index contributed by atoms with van der Waals surface area (Å²) < 4.78 is 0. The number of benzene rings is 2. The summed E-state index contributed by atoms with van der Waals surface area (Å²) in [6.45, 7) is 0.